The molecule has 0 saturated carbocycles. The van der Waals surface area contributed by atoms with Crippen molar-refractivity contribution in [1.82, 2.24) is 0 Å². The summed E-state index contributed by atoms with van der Waals surface area (Å²) < 4.78 is 5.99. The Balaban J connectivity index is 1.66. The van der Waals surface area contributed by atoms with Crippen molar-refractivity contribution in [2.75, 3.05) is 40.3 Å². The van der Waals surface area contributed by atoms with Crippen molar-refractivity contribution in [2.24, 2.45) is 0 Å². The molecule has 1 aromatic carbocycles. The minimum absolute atomic E-state index is 0.164. The lowest BCUT2D eigenvalue weighted by Gasteiger charge is -2.26. The molecule has 0 heterocycles. The smallest absolute Gasteiger partial charge is 0.126 e. The maximum absolute atomic E-state index is 10.1. The summed E-state index contributed by atoms with van der Waals surface area (Å²) in [7, 11) is 4.34. The van der Waals surface area contributed by atoms with Crippen LogP contribution < -0.4 is 10.2 Å². The van der Waals surface area contributed by atoms with E-state index in [9.17, 15) is 5.11 Å². The molecule has 0 aliphatic heterocycles. The first-order valence-corrected chi connectivity index (χ1v) is 8.65. The summed E-state index contributed by atoms with van der Waals surface area (Å²) in [5, 5.41) is 12.3. The third-order valence-corrected chi connectivity index (χ3v) is 4.33. The van der Waals surface area contributed by atoms with Gasteiger partial charge >= 0.3 is 0 Å². The van der Waals surface area contributed by atoms with Crippen molar-refractivity contribution >= 4 is 0 Å². The van der Waals surface area contributed by atoms with Gasteiger partial charge in [-0.2, -0.15) is 0 Å². The minimum atomic E-state index is -0.374. The normalized spacial score (nSPS) is 19.2. The van der Waals surface area contributed by atoms with Crippen molar-refractivity contribution in [2.45, 2.75) is 37.9 Å². The Morgan fingerprint density at radius 3 is 3.00 bits per heavy atom. The number of rotatable bonds is 9. The van der Waals surface area contributed by atoms with Crippen LogP contribution in [0.1, 0.15) is 36.5 Å². The molecular weight excluding hydrogens is 276 g/mol. The molecule has 0 fully saturated rings. The SMILES string of the molecule is C[NH+](C)CCC[NH2+]C[C@@H](O)CO[C@H]1CCCc2ccccc21. The van der Waals surface area contributed by atoms with Crippen LogP contribution in [0.5, 0.6) is 0 Å². The van der Waals surface area contributed by atoms with E-state index < -0.39 is 0 Å². The van der Waals surface area contributed by atoms with Crippen LogP contribution in [0, 0.1) is 0 Å². The Hall–Kier alpha value is -0.940. The number of nitrogens with two attached hydrogens (primary N) is 1. The van der Waals surface area contributed by atoms with Gasteiger partial charge in [-0.3, -0.25) is 0 Å². The van der Waals surface area contributed by atoms with Crippen molar-refractivity contribution in [1.29, 1.82) is 0 Å². The fourth-order valence-electron chi connectivity index (χ4n) is 3.09. The zero-order valence-corrected chi connectivity index (χ0v) is 14.1. The van der Waals surface area contributed by atoms with Gasteiger partial charge in [0.2, 0.25) is 0 Å². The Bertz CT molecular complexity index is 437. The Kier molecular flexibility index (Phi) is 7.33. The van der Waals surface area contributed by atoms with E-state index in [1.165, 1.54) is 35.4 Å². The Morgan fingerprint density at radius 2 is 2.18 bits per heavy atom. The number of nitrogens with one attached hydrogen (secondary N) is 1. The number of fused-ring (bicyclic) bond motifs is 1. The molecule has 22 heavy (non-hydrogen) atoms. The molecule has 1 aliphatic rings. The van der Waals surface area contributed by atoms with Crippen LogP contribution in [0.4, 0.5) is 0 Å². The van der Waals surface area contributed by atoms with Gasteiger partial charge < -0.3 is 20.1 Å². The topological polar surface area (TPSA) is 50.5 Å². The van der Waals surface area contributed by atoms with Crippen LogP contribution in [0.15, 0.2) is 24.3 Å². The first-order valence-electron chi connectivity index (χ1n) is 8.65. The fraction of sp³-hybridized carbons (Fsp3) is 0.667. The highest BCUT2D eigenvalue weighted by molar-refractivity contribution is 5.31. The van der Waals surface area contributed by atoms with E-state index in [-0.39, 0.29) is 12.2 Å². The molecular formula is C18H32N2O2+2. The minimum Gasteiger partial charge on any atom is -0.385 e. The molecule has 4 N–H and O–H groups in total. The van der Waals surface area contributed by atoms with Gasteiger partial charge in [0, 0.05) is 6.42 Å². The van der Waals surface area contributed by atoms with E-state index in [2.05, 4.69) is 43.7 Å². The number of ether oxygens (including phenoxy) is 1. The average molecular weight is 308 g/mol. The molecule has 0 spiro atoms. The van der Waals surface area contributed by atoms with Crippen LogP contribution >= 0.6 is 0 Å². The first kappa shape index (κ1) is 17.4. The molecule has 0 bridgehead atoms. The molecule has 0 saturated heterocycles. The first-order chi connectivity index (χ1) is 10.7. The highest BCUT2D eigenvalue weighted by Crippen LogP contribution is 2.32. The van der Waals surface area contributed by atoms with Crippen LogP contribution in [0.3, 0.4) is 0 Å². The number of aliphatic hydroxyl groups is 1. The average Bonchev–Trinajstić information content (AvgIpc) is 2.52. The summed E-state index contributed by atoms with van der Waals surface area (Å²) in [6.45, 7) is 3.43. The van der Waals surface area contributed by atoms with E-state index in [0.29, 0.717) is 6.61 Å². The van der Waals surface area contributed by atoms with E-state index in [1.807, 2.05) is 0 Å². The van der Waals surface area contributed by atoms with Gasteiger partial charge in [-0.15, -0.1) is 0 Å². The molecule has 4 heteroatoms. The maximum atomic E-state index is 10.1. The van der Waals surface area contributed by atoms with Crippen LogP contribution in [-0.2, 0) is 11.2 Å². The summed E-state index contributed by atoms with van der Waals surface area (Å²) in [5.74, 6) is 0. The van der Waals surface area contributed by atoms with E-state index in [0.717, 1.165) is 25.9 Å². The molecule has 1 aromatic rings. The molecule has 1 aliphatic carbocycles. The van der Waals surface area contributed by atoms with Crippen molar-refractivity contribution in [3.63, 3.8) is 0 Å². The summed E-state index contributed by atoms with van der Waals surface area (Å²) in [4.78, 5) is 1.48. The van der Waals surface area contributed by atoms with Gasteiger partial charge in [-0.1, -0.05) is 24.3 Å². The molecule has 0 unspecified atom stereocenters. The predicted molar refractivity (Wildman–Crippen MR) is 88.0 cm³/mol. The van der Waals surface area contributed by atoms with Gasteiger partial charge in [-0.05, 0) is 30.4 Å². The molecule has 2 rings (SSSR count). The number of aliphatic hydroxyl groups excluding tert-OH is 1. The van der Waals surface area contributed by atoms with E-state index in [4.69, 9.17) is 4.74 Å². The highest BCUT2D eigenvalue weighted by Gasteiger charge is 2.21. The zero-order chi connectivity index (χ0) is 15.8. The van der Waals surface area contributed by atoms with Crippen LogP contribution in [0.25, 0.3) is 0 Å². The number of aryl methyl sites for hydroxylation is 1. The van der Waals surface area contributed by atoms with Gasteiger partial charge in [0.15, 0.2) is 0 Å². The van der Waals surface area contributed by atoms with Gasteiger partial charge in [-0.25, -0.2) is 0 Å². The Morgan fingerprint density at radius 1 is 1.36 bits per heavy atom. The van der Waals surface area contributed by atoms with Gasteiger partial charge in [0.05, 0.1) is 39.9 Å². The quantitative estimate of drug-likeness (QED) is 0.541. The number of hydrogen-bond acceptors (Lipinski definition) is 2. The summed E-state index contributed by atoms with van der Waals surface area (Å²) in [6.07, 6.45) is 4.37. The number of hydrogen-bond donors (Lipinski definition) is 3. The van der Waals surface area contributed by atoms with E-state index >= 15 is 0 Å². The molecule has 0 aromatic heterocycles. The largest absolute Gasteiger partial charge is 0.385 e. The molecule has 124 valence electrons. The Labute approximate surface area is 134 Å². The second-order valence-corrected chi connectivity index (χ2v) is 6.69. The second kappa shape index (κ2) is 9.26. The predicted octanol–water partition coefficient (Wildman–Crippen LogP) is -0.460. The lowest BCUT2D eigenvalue weighted by atomic mass is 9.89. The lowest BCUT2D eigenvalue weighted by molar-refractivity contribution is -0.860. The monoisotopic (exact) mass is 308 g/mol. The van der Waals surface area contributed by atoms with Crippen LogP contribution in [0.2, 0.25) is 0 Å². The van der Waals surface area contributed by atoms with Crippen LogP contribution in [-0.4, -0.2) is 51.5 Å². The van der Waals surface area contributed by atoms with Crippen molar-refractivity contribution in [3.05, 3.63) is 35.4 Å². The molecule has 4 nitrogen and oxygen atoms in total. The third kappa shape index (κ3) is 5.69. The lowest BCUT2D eigenvalue weighted by Crippen LogP contribution is -3.06. The summed E-state index contributed by atoms with van der Waals surface area (Å²) in [6, 6.07) is 8.54. The fourth-order valence-corrected chi connectivity index (χ4v) is 3.09. The number of benzene rings is 1. The van der Waals surface area contributed by atoms with Gasteiger partial charge in [0.25, 0.3) is 0 Å². The second-order valence-electron chi connectivity index (χ2n) is 6.69. The molecule has 2 atom stereocenters. The zero-order valence-electron chi connectivity index (χ0n) is 14.1. The summed E-state index contributed by atoms with van der Waals surface area (Å²) in [5.41, 5.74) is 2.73. The van der Waals surface area contributed by atoms with Gasteiger partial charge in [0.1, 0.15) is 12.6 Å². The number of quaternary nitrogens is 2. The van der Waals surface area contributed by atoms with Crippen molar-refractivity contribution < 1.29 is 20.1 Å². The molecule has 0 radical (unpaired) electrons. The standard InChI is InChI=1S/C18H30N2O2/c1-20(2)12-6-11-19-13-16(21)14-22-18-10-5-8-15-7-3-4-9-17(15)18/h3-4,7,9,16,18-19,21H,5-6,8,10-14H2,1-2H3/p+2/t16-,18+/m1/s1. The third-order valence-electron chi connectivity index (χ3n) is 4.33. The summed E-state index contributed by atoms with van der Waals surface area (Å²) >= 11 is 0. The maximum Gasteiger partial charge on any atom is 0.126 e. The molecule has 0 amide bonds. The van der Waals surface area contributed by atoms with Crippen molar-refractivity contribution in [3.8, 4) is 0 Å². The highest BCUT2D eigenvalue weighted by atomic mass is 16.5. The van der Waals surface area contributed by atoms with E-state index in [1.54, 1.807) is 0 Å².